The minimum Gasteiger partial charge on any atom is -0.307 e. The molecule has 0 bridgehead atoms. The van der Waals surface area contributed by atoms with Crippen LogP contribution in [0, 0.1) is 12.8 Å². The van der Waals surface area contributed by atoms with Crippen LogP contribution in [0.1, 0.15) is 35.7 Å². The molecule has 1 atom stereocenters. The molecule has 0 aromatic carbocycles. The minimum atomic E-state index is 0.641. The number of nitrogens with one attached hydrogen (secondary N) is 1. The molecule has 88 valence electrons. The summed E-state index contributed by atoms with van der Waals surface area (Å²) in [7, 11) is 0. The third-order valence-electron chi connectivity index (χ3n) is 2.96. The molecule has 1 aromatic heterocycles. The Morgan fingerprint density at radius 2 is 2.38 bits per heavy atom. The quantitative estimate of drug-likeness (QED) is 0.741. The first-order valence-corrected chi connectivity index (χ1v) is 6.74. The van der Waals surface area contributed by atoms with Crippen molar-refractivity contribution in [3.8, 4) is 0 Å². The molecule has 1 unspecified atom stereocenters. The first-order chi connectivity index (χ1) is 7.79. The Balaban J connectivity index is 1.79. The molecule has 1 fully saturated rings. The van der Waals surface area contributed by atoms with Crippen LogP contribution in [-0.4, -0.2) is 16.2 Å². The van der Waals surface area contributed by atoms with Gasteiger partial charge in [0.25, 0.3) is 0 Å². The zero-order chi connectivity index (χ0) is 11.4. The summed E-state index contributed by atoms with van der Waals surface area (Å²) in [5.74, 6) is 0.883. The molecule has 1 aliphatic carbocycles. The molecule has 0 radical (unpaired) electrons. The van der Waals surface area contributed by atoms with E-state index in [0.29, 0.717) is 6.04 Å². The smallest absolute Gasteiger partial charge is 0.131 e. The minimum absolute atomic E-state index is 0.641. The Hall–Kier alpha value is -0.740. The number of allylic oxidation sites excluding steroid dienone is 1. The lowest BCUT2D eigenvalue weighted by Crippen LogP contribution is -2.30. The highest BCUT2D eigenvalue weighted by Crippen LogP contribution is 2.34. The first-order valence-electron chi connectivity index (χ1n) is 5.93. The van der Waals surface area contributed by atoms with Crippen molar-refractivity contribution < 1.29 is 0 Å². The number of rotatable bonds is 7. The van der Waals surface area contributed by atoms with E-state index >= 15 is 0 Å². The summed E-state index contributed by atoms with van der Waals surface area (Å²) >= 11 is 1.68. The van der Waals surface area contributed by atoms with Crippen LogP contribution in [0.15, 0.2) is 12.7 Å². The van der Waals surface area contributed by atoms with Crippen molar-refractivity contribution in [1.82, 2.24) is 15.5 Å². The molecule has 3 nitrogen and oxygen atoms in total. The molecule has 0 aliphatic heterocycles. The van der Waals surface area contributed by atoms with Gasteiger partial charge in [0.05, 0.1) is 0 Å². The molecule has 2 rings (SSSR count). The lowest BCUT2D eigenvalue weighted by molar-refractivity contribution is 0.435. The summed E-state index contributed by atoms with van der Waals surface area (Å²) in [6.07, 6.45) is 7.06. The molecule has 0 saturated heterocycles. The van der Waals surface area contributed by atoms with Crippen LogP contribution in [0.25, 0.3) is 0 Å². The van der Waals surface area contributed by atoms with Crippen LogP contribution in [0.4, 0.5) is 0 Å². The van der Waals surface area contributed by atoms with E-state index in [-0.39, 0.29) is 0 Å². The van der Waals surface area contributed by atoms with E-state index in [9.17, 15) is 0 Å². The fraction of sp³-hybridized carbons (Fsp3) is 0.667. The SMILES string of the molecule is C=CCCC(NCc1nnc(C)s1)C1CC1. The molecule has 1 aromatic rings. The number of aryl methyl sites for hydroxylation is 1. The van der Waals surface area contributed by atoms with Crippen LogP contribution in [-0.2, 0) is 6.54 Å². The second kappa shape index (κ2) is 5.55. The van der Waals surface area contributed by atoms with Gasteiger partial charge in [-0.1, -0.05) is 6.08 Å². The Kier molecular flexibility index (Phi) is 4.07. The van der Waals surface area contributed by atoms with Crippen molar-refractivity contribution in [2.75, 3.05) is 0 Å². The van der Waals surface area contributed by atoms with Gasteiger partial charge in [0, 0.05) is 12.6 Å². The highest BCUT2D eigenvalue weighted by atomic mass is 32.1. The Morgan fingerprint density at radius 1 is 1.56 bits per heavy atom. The maximum Gasteiger partial charge on any atom is 0.131 e. The first kappa shape index (κ1) is 11.7. The average Bonchev–Trinajstić information content (AvgIpc) is 3.03. The lowest BCUT2D eigenvalue weighted by Gasteiger charge is -2.16. The lowest BCUT2D eigenvalue weighted by atomic mass is 10.1. The van der Waals surface area contributed by atoms with E-state index in [1.54, 1.807) is 11.3 Å². The van der Waals surface area contributed by atoms with Gasteiger partial charge < -0.3 is 5.32 Å². The number of hydrogen-bond donors (Lipinski definition) is 1. The van der Waals surface area contributed by atoms with Crippen molar-refractivity contribution >= 4 is 11.3 Å². The molecule has 1 heterocycles. The van der Waals surface area contributed by atoms with Crippen LogP contribution in [0.2, 0.25) is 0 Å². The second-order valence-corrected chi connectivity index (χ2v) is 5.67. The van der Waals surface area contributed by atoms with E-state index in [2.05, 4.69) is 22.1 Å². The van der Waals surface area contributed by atoms with Gasteiger partial charge in [-0.15, -0.1) is 28.1 Å². The molecule has 16 heavy (non-hydrogen) atoms. The molecular formula is C12H19N3S. The summed E-state index contributed by atoms with van der Waals surface area (Å²) in [4.78, 5) is 0. The molecule has 0 spiro atoms. The van der Waals surface area contributed by atoms with Crippen molar-refractivity contribution in [2.24, 2.45) is 5.92 Å². The Bertz CT molecular complexity index is 344. The highest BCUT2D eigenvalue weighted by molar-refractivity contribution is 7.11. The number of nitrogens with zero attached hydrogens (tertiary/aromatic N) is 2. The van der Waals surface area contributed by atoms with Gasteiger partial charge in [0.2, 0.25) is 0 Å². The topological polar surface area (TPSA) is 37.8 Å². The normalized spacial score (nSPS) is 17.3. The monoisotopic (exact) mass is 237 g/mol. The summed E-state index contributed by atoms with van der Waals surface area (Å²) in [5.41, 5.74) is 0. The van der Waals surface area contributed by atoms with Crippen LogP contribution >= 0.6 is 11.3 Å². The maximum absolute atomic E-state index is 4.13. The molecule has 4 heteroatoms. The number of aromatic nitrogens is 2. The Labute approximate surface area is 101 Å². The molecule has 0 amide bonds. The summed E-state index contributed by atoms with van der Waals surface area (Å²) in [6, 6.07) is 0.641. The molecule has 1 N–H and O–H groups in total. The summed E-state index contributed by atoms with van der Waals surface area (Å²) < 4.78 is 0. The van der Waals surface area contributed by atoms with Gasteiger partial charge in [0.1, 0.15) is 10.0 Å². The van der Waals surface area contributed by atoms with Gasteiger partial charge in [-0.05, 0) is 38.5 Å². The highest BCUT2D eigenvalue weighted by Gasteiger charge is 2.30. The van der Waals surface area contributed by atoms with Crippen molar-refractivity contribution in [1.29, 1.82) is 0 Å². The van der Waals surface area contributed by atoms with Crippen LogP contribution in [0.3, 0.4) is 0 Å². The van der Waals surface area contributed by atoms with Crippen molar-refractivity contribution in [3.05, 3.63) is 22.7 Å². The van der Waals surface area contributed by atoms with Gasteiger partial charge in [-0.2, -0.15) is 0 Å². The maximum atomic E-state index is 4.13. The summed E-state index contributed by atoms with van der Waals surface area (Å²) in [6.45, 7) is 6.65. The third kappa shape index (κ3) is 3.39. The fourth-order valence-electron chi connectivity index (χ4n) is 1.93. The van der Waals surface area contributed by atoms with E-state index in [4.69, 9.17) is 0 Å². The molecule has 1 saturated carbocycles. The van der Waals surface area contributed by atoms with Gasteiger partial charge in [-0.25, -0.2) is 0 Å². The standard InChI is InChI=1S/C12H19N3S/c1-3-4-5-11(10-6-7-10)13-8-12-15-14-9(2)16-12/h3,10-11,13H,1,4-8H2,2H3. The van der Waals surface area contributed by atoms with Gasteiger partial charge in [-0.3, -0.25) is 0 Å². The zero-order valence-corrected chi connectivity index (χ0v) is 10.6. The van der Waals surface area contributed by atoms with E-state index in [1.807, 2.05) is 13.0 Å². The van der Waals surface area contributed by atoms with Gasteiger partial charge >= 0.3 is 0 Å². The molecular weight excluding hydrogens is 218 g/mol. The fourth-order valence-corrected chi connectivity index (χ4v) is 2.59. The van der Waals surface area contributed by atoms with Crippen molar-refractivity contribution in [2.45, 2.75) is 45.2 Å². The van der Waals surface area contributed by atoms with E-state index in [0.717, 1.165) is 28.9 Å². The number of hydrogen-bond acceptors (Lipinski definition) is 4. The third-order valence-corrected chi connectivity index (χ3v) is 3.79. The van der Waals surface area contributed by atoms with Crippen molar-refractivity contribution in [3.63, 3.8) is 0 Å². The predicted molar refractivity (Wildman–Crippen MR) is 67.4 cm³/mol. The Morgan fingerprint density at radius 3 is 2.94 bits per heavy atom. The van der Waals surface area contributed by atoms with Gasteiger partial charge in [0.15, 0.2) is 0 Å². The molecule has 1 aliphatic rings. The average molecular weight is 237 g/mol. The largest absolute Gasteiger partial charge is 0.307 e. The van der Waals surface area contributed by atoms with Crippen LogP contribution < -0.4 is 5.32 Å². The summed E-state index contributed by atoms with van der Waals surface area (Å²) in [5, 5.41) is 13.9. The van der Waals surface area contributed by atoms with Crippen LogP contribution in [0.5, 0.6) is 0 Å². The zero-order valence-electron chi connectivity index (χ0n) is 9.78. The second-order valence-electron chi connectivity index (χ2n) is 4.41. The van der Waals surface area contributed by atoms with E-state index in [1.165, 1.54) is 19.3 Å². The van der Waals surface area contributed by atoms with E-state index < -0.39 is 0 Å². The predicted octanol–water partition coefficient (Wildman–Crippen LogP) is 2.68.